The number of carboxylic acid groups (broad SMARTS) is 1. The van der Waals surface area contributed by atoms with Crippen molar-refractivity contribution in [1.82, 2.24) is 4.90 Å². The summed E-state index contributed by atoms with van der Waals surface area (Å²) in [7, 11) is 0. The van der Waals surface area contributed by atoms with Gasteiger partial charge in [-0.3, -0.25) is 4.79 Å². The van der Waals surface area contributed by atoms with Crippen LogP contribution in [0.4, 0.5) is 0 Å². The zero-order valence-electron chi connectivity index (χ0n) is 8.15. The van der Waals surface area contributed by atoms with Gasteiger partial charge in [0.25, 0.3) is 0 Å². The normalized spacial score (nSPS) is 17.2. The number of amides is 1. The molecule has 2 N–H and O–H groups in total. The van der Waals surface area contributed by atoms with E-state index in [2.05, 4.69) is 0 Å². The summed E-state index contributed by atoms with van der Waals surface area (Å²) in [5.74, 6) is -1.37. The third-order valence-corrected chi connectivity index (χ3v) is 1.81. The first-order valence-electron chi connectivity index (χ1n) is 4.25. The maximum atomic E-state index is 11.3. The van der Waals surface area contributed by atoms with E-state index >= 15 is 0 Å². The Labute approximate surface area is 81.6 Å². The molecule has 0 aromatic carbocycles. The van der Waals surface area contributed by atoms with Crippen LogP contribution in [0.15, 0.2) is 11.8 Å². The smallest absolute Gasteiger partial charge is 0.333 e. The van der Waals surface area contributed by atoms with Crippen molar-refractivity contribution in [1.29, 1.82) is 0 Å². The molecular weight excluding hydrogens is 186 g/mol. The molecule has 0 atom stereocenters. The van der Waals surface area contributed by atoms with Gasteiger partial charge in [0.2, 0.25) is 5.91 Å². The van der Waals surface area contributed by atoms with E-state index in [4.69, 9.17) is 5.11 Å². The topological polar surface area (TPSA) is 77.8 Å². The predicted octanol–water partition coefficient (Wildman–Crippen LogP) is -0.0419. The molecule has 78 valence electrons. The molecule has 0 unspecified atom stereocenters. The lowest BCUT2D eigenvalue weighted by atomic mass is 10.1. The van der Waals surface area contributed by atoms with E-state index < -0.39 is 11.6 Å². The van der Waals surface area contributed by atoms with Crippen LogP contribution in [0.5, 0.6) is 0 Å². The van der Waals surface area contributed by atoms with Crippen molar-refractivity contribution < 1.29 is 19.8 Å². The third kappa shape index (κ3) is 2.56. The fourth-order valence-electron chi connectivity index (χ4n) is 1.25. The lowest BCUT2D eigenvalue weighted by Gasteiger charge is -2.23. The van der Waals surface area contributed by atoms with Crippen LogP contribution in [-0.2, 0) is 9.59 Å². The Bertz CT molecular complexity index is 300. The van der Waals surface area contributed by atoms with Gasteiger partial charge in [0.1, 0.15) is 0 Å². The van der Waals surface area contributed by atoms with Crippen LogP contribution in [0.3, 0.4) is 0 Å². The lowest BCUT2D eigenvalue weighted by Crippen LogP contribution is -2.37. The van der Waals surface area contributed by atoms with Crippen molar-refractivity contribution in [3.63, 3.8) is 0 Å². The molecule has 5 nitrogen and oxygen atoms in total. The number of hydrogen-bond donors (Lipinski definition) is 2. The first-order valence-corrected chi connectivity index (χ1v) is 4.25. The molecule has 0 aromatic rings. The summed E-state index contributed by atoms with van der Waals surface area (Å²) in [5, 5.41) is 18.1. The maximum absolute atomic E-state index is 11.3. The molecule has 0 saturated carbocycles. The van der Waals surface area contributed by atoms with Crippen molar-refractivity contribution in [3.8, 4) is 0 Å². The van der Waals surface area contributed by atoms with Crippen LogP contribution in [0, 0.1) is 0 Å². The Kier molecular flexibility index (Phi) is 2.62. The highest BCUT2D eigenvalue weighted by Gasteiger charge is 2.29. The molecule has 0 radical (unpaired) electrons. The molecule has 0 saturated heterocycles. The Balaban J connectivity index is 2.72. The van der Waals surface area contributed by atoms with Crippen molar-refractivity contribution in [2.24, 2.45) is 0 Å². The second kappa shape index (κ2) is 3.42. The van der Waals surface area contributed by atoms with Gasteiger partial charge in [0, 0.05) is 6.20 Å². The molecule has 1 rings (SSSR count). The van der Waals surface area contributed by atoms with E-state index in [-0.39, 0.29) is 24.4 Å². The summed E-state index contributed by atoms with van der Waals surface area (Å²) in [6.07, 6.45) is 1.19. The van der Waals surface area contributed by atoms with E-state index in [1.165, 1.54) is 11.1 Å². The van der Waals surface area contributed by atoms with Gasteiger partial charge in [0.05, 0.1) is 24.1 Å². The summed E-state index contributed by atoms with van der Waals surface area (Å²) < 4.78 is 0. The molecule has 0 bridgehead atoms. The summed E-state index contributed by atoms with van der Waals surface area (Å²) >= 11 is 0. The van der Waals surface area contributed by atoms with Gasteiger partial charge in [-0.25, -0.2) is 4.79 Å². The Morgan fingerprint density at radius 3 is 2.57 bits per heavy atom. The Morgan fingerprint density at radius 1 is 1.64 bits per heavy atom. The average molecular weight is 199 g/mol. The highest BCUT2D eigenvalue weighted by Crippen LogP contribution is 2.18. The molecule has 0 aliphatic carbocycles. The van der Waals surface area contributed by atoms with Crippen LogP contribution in [0.1, 0.15) is 20.3 Å². The average Bonchev–Trinajstić information content (AvgIpc) is 2.29. The van der Waals surface area contributed by atoms with Crippen molar-refractivity contribution in [3.05, 3.63) is 11.8 Å². The third-order valence-electron chi connectivity index (χ3n) is 1.81. The van der Waals surface area contributed by atoms with Crippen LogP contribution in [-0.4, -0.2) is 39.1 Å². The molecule has 1 aliphatic heterocycles. The molecule has 1 aliphatic rings. The first-order chi connectivity index (χ1) is 6.29. The quantitative estimate of drug-likeness (QED) is 0.668. The first kappa shape index (κ1) is 10.7. The van der Waals surface area contributed by atoms with Crippen LogP contribution >= 0.6 is 0 Å². The number of carbonyl (C=O) groups excluding carboxylic acids is 1. The van der Waals surface area contributed by atoms with Crippen LogP contribution in [0.2, 0.25) is 0 Å². The monoisotopic (exact) mass is 199 g/mol. The van der Waals surface area contributed by atoms with E-state index in [0.717, 1.165) is 0 Å². The summed E-state index contributed by atoms with van der Waals surface area (Å²) in [5.41, 5.74) is -0.945. The molecule has 0 fully saturated rings. The number of rotatable bonds is 3. The van der Waals surface area contributed by atoms with E-state index in [1.807, 2.05) is 0 Å². The summed E-state index contributed by atoms with van der Waals surface area (Å²) in [4.78, 5) is 23.1. The van der Waals surface area contributed by atoms with Crippen molar-refractivity contribution in [2.75, 3.05) is 6.54 Å². The molecule has 1 heterocycles. The number of hydrogen-bond acceptors (Lipinski definition) is 3. The zero-order chi connectivity index (χ0) is 10.9. The number of carboxylic acids is 1. The van der Waals surface area contributed by atoms with Gasteiger partial charge < -0.3 is 15.1 Å². The Hall–Kier alpha value is -1.36. The Morgan fingerprint density at radius 2 is 2.21 bits per heavy atom. The van der Waals surface area contributed by atoms with Gasteiger partial charge in [-0.1, -0.05) is 0 Å². The molecule has 0 spiro atoms. The molecule has 0 aromatic heterocycles. The number of nitrogens with zero attached hydrogens (tertiary/aromatic N) is 1. The lowest BCUT2D eigenvalue weighted by molar-refractivity contribution is -0.134. The standard InChI is InChI=1S/C9H13NO4/c1-9(2,14)5-10-4-6(8(12)13)3-7(10)11/h4,14H,3,5H2,1-2H3,(H,12,13). The second-order valence-corrected chi connectivity index (χ2v) is 3.97. The molecule has 14 heavy (non-hydrogen) atoms. The fourth-order valence-corrected chi connectivity index (χ4v) is 1.25. The van der Waals surface area contributed by atoms with Gasteiger partial charge in [-0.15, -0.1) is 0 Å². The zero-order valence-corrected chi connectivity index (χ0v) is 8.15. The SMILES string of the molecule is CC(C)(O)CN1C=C(C(=O)O)CC1=O. The molecular formula is C9H13NO4. The summed E-state index contributed by atoms with van der Waals surface area (Å²) in [6.45, 7) is 3.24. The van der Waals surface area contributed by atoms with E-state index in [0.29, 0.717) is 0 Å². The highest BCUT2D eigenvalue weighted by atomic mass is 16.4. The van der Waals surface area contributed by atoms with Gasteiger partial charge in [-0.2, -0.15) is 0 Å². The second-order valence-electron chi connectivity index (χ2n) is 3.97. The number of aliphatic hydroxyl groups is 1. The minimum absolute atomic E-state index is 0.0688. The minimum Gasteiger partial charge on any atom is -0.478 e. The van der Waals surface area contributed by atoms with Gasteiger partial charge >= 0.3 is 5.97 Å². The molecule has 1 amide bonds. The fraction of sp³-hybridized carbons (Fsp3) is 0.556. The maximum Gasteiger partial charge on any atom is 0.333 e. The van der Waals surface area contributed by atoms with E-state index in [1.54, 1.807) is 13.8 Å². The summed E-state index contributed by atoms with van der Waals surface area (Å²) in [6, 6.07) is 0. The van der Waals surface area contributed by atoms with Crippen LogP contribution in [0.25, 0.3) is 0 Å². The van der Waals surface area contributed by atoms with Crippen molar-refractivity contribution >= 4 is 11.9 Å². The predicted molar refractivity (Wildman–Crippen MR) is 48.3 cm³/mol. The largest absolute Gasteiger partial charge is 0.478 e. The van der Waals surface area contributed by atoms with Crippen LogP contribution < -0.4 is 0 Å². The van der Waals surface area contributed by atoms with Gasteiger partial charge in [-0.05, 0) is 13.8 Å². The number of β-amino-alcohol motifs (C(OH)–C–C–N with tert-alkyl or cyclic N) is 1. The highest BCUT2D eigenvalue weighted by molar-refractivity contribution is 5.97. The number of aliphatic carboxylic acids is 1. The minimum atomic E-state index is -1.09. The molecule has 5 heteroatoms. The van der Waals surface area contributed by atoms with Crippen molar-refractivity contribution in [2.45, 2.75) is 25.9 Å². The van der Waals surface area contributed by atoms with Gasteiger partial charge in [0.15, 0.2) is 0 Å². The number of carbonyl (C=O) groups is 2. The van der Waals surface area contributed by atoms with E-state index in [9.17, 15) is 14.7 Å².